The number of aromatic nitrogens is 2. The van der Waals surface area contributed by atoms with Crippen LogP contribution in [0.25, 0.3) is 10.8 Å². The number of nitrogen functional groups attached to an aromatic ring is 2. The van der Waals surface area contributed by atoms with E-state index in [-0.39, 0.29) is 17.3 Å². The first-order chi connectivity index (χ1) is 7.85. The second-order valence-corrected chi connectivity index (χ2v) is 3.62. The van der Waals surface area contributed by atoms with E-state index in [9.17, 15) is 13.2 Å². The van der Waals surface area contributed by atoms with Gasteiger partial charge >= 0.3 is 6.18 Å². The Morgan fingerprint density at radius 2 is 1.88 bits per heavy atom. The van der Waals surface area contributed by atoms with Gasteiger partial charge in [0.25, 0.3) is 0 Å². The Balaban J connectivity index is 2.54. The van der Waals surface area contributed by atoms with Crippen molar-refractivity contribution < 1.29 is 13.2 Å². The third kappa shape index (κ3) is 2.55. The normalized spacial score (nSPS) is 11.9. The summed E-state index contributed by atoms with van der Waals surface area (Å²) in [5.41, 5.74) is 10.9. The maximum Gasteiger partial charge on any atom is 0.394 e. The van der Waals surface area contributed by atoms with Crippen LogP contribution in [0.1, 0.15) is 5.69 Å². The maximum absolute atomic E-state index is 12.2. The lowest BCUT2D eigenvalue weighted by molar-refractivity contribution is -0.127. The van der Waals surface area contributed by atoms with Gasteiger partial charge in [0.05, 0.1) is 12.1 Å². The zero-order valence-electron chi connectivity index (χ0n) is 8.62. The van der Waals surface area contributed by atoms with Gasteiger partial charge in [0.1, 0.15) is 11.6 Å². The summed E-state index contributed by atoms with van der Waals surface area (Å²) < 4.78 is 36.7. The van der Waals surface area contributed by atoms with Gasteiger partial charge in [-0.25, -0.2) is 9.97 Å². The minimum Gasteiger partial charge on any atom is -0.384 e. The molecule has 0 saturated carbocycles. The number of nitrogens with two attached hydrogens (primary N) is 2. The van der Waals surface area contributed by atoms with Gasteiger partial charge in [-0.15, -0.1) is 0 Å². The Labute approximate surface area is 94.5 Å². The lowest BCUT2D eigenvalue weighted by atomic mass is 10.1. The second-order valence-electron chi connectivity index (χ2n) is 3.62. The molecule has 17 heavy (non-hydrogen) atoms. The zero-order valence-corrected chi connectivity index (χ0v) is 8.62. The number of rotatable bonds is 1. The first kappa shape index (κ1) is 11.4. The number of nitrogens with zero attached hydrogens (tertiary/aromatic N) is 2. The predicted octanol–water partition coefficient (Wildman–Crippen LogP) is 1.90. The van der Waals surface area contributed by atoms with Crippen LogP contribution < -0.4 is 11.5 Å². The molecule has 2 aromatic heterocycles. The highest BCUT2D eigenvalue weighted by Crippen LogP contribution is 2.25. The maximum atomic E-state index is 12.2. The number of anilines is 2. The van der Waals surface area contributed by atoms with E-state index in [1.165, 1.54) is 18.3 Å². The number of hydrogen-bond acceptors (Lipinski definition) is 4. The average molecular weight is 242 g/mol. The van der Waals surface area contributed by atoms with E-state index in [2.05, 4.69) is 9.97 Å². The number of alkyl halides is 3. The molecule has 2 rings (SSSR count). The summed E-state index contributed by atoms with van der Waals surface area (Å²) in [6.07, 6.45) is -4.04. The standard InChI is InChI=1S/C10H9F3N4/c11-10(12,13)3-6-1-5-2-8(14)16-4-7(5)9(15)17-6/h1-2,4H,3H2,(H2,14,16)(H2,15,17). The molecule has 2 aromatic rings. The van der Waals surface area contributed by atoms with Crippen LogP contribution in [-0.4, -0.2) is 16.1 Å². The average Bonchev–Trinajstić information content (AvgIpc) is 2.13. The smallest absolute Gasteiger partial charge is 0.384 e. The van der Waals surface area contributed by atoms with Gasteiger partial charge in [0, 0.05) is 11.6 Å². The van der Waals surface area contributed by atoms with Crippen LogP contribution in [0.2, 0.25) is 0 Å². The first-order valence-corrected chi connectivity index (χ1v) is 4.72. The predicted molar refractivity (Wildman–Crippen MR) is 58.1 cm³/mol. The van der Waals surface area contributed by atoms with Crippen LogP contribution in [-0.2, 0) is 6.42 Å². The van der Waals surface area contributed by atoms with Gasteiger partial charge in [-0.3, -0.25) is 0 Å². The third-order valence-corrected chi connectivity index (χ3v) is 2.20. The molecule has 4 nitrogen and oxygen atoms in total. The summed E-state index contributed by atoms with van der Waals surface area (Å²) >= 11 is 0. The Hall–Kier alpha value is -2.05. The van der Waals surface area contributed by atoms with Gasteiger partial charge in [-0.05, 0) is 17.5 Å². The van der Waals surface area contributed by atoms with Crippen LogP contribution in [0, 0.1) is 0 Å². The Bertz CT molecular complexity index is 565. The molecule has 0 radical (unpaired) electrons. The molecule has 0 aliphatic rings. The Morgan fingerprint density at radius 1 is 1.18 bits per heavy atom. The first-order valence-electron chi connectivity index (χ1n) is 4.72. The van der Waals surface area contributed by atoms with E-state index in [0.29, 0.717) is 10.8 Å². The molecule has 0 saturated heterocycles. The van der Waals surface area contributed by atoms with Crippen molar-refractivity contribution in [3.05, 3.63) is 24.0 Å². The Morgan fingerprint density at radius 3 is 2.53 bits per heavy atom. The summed E-state index contributed by atoms with van der Waals surface area (Å²) in [5.74, 6) is 0.246. The van der Waals surface area contributed by atoms with Gasteiger partial charge in [-0.1, -0.05) is 0 Å². The zero-order chi connectivity index (χ0) is 12.6. The van der Waals surface area contributed by atoms with Gasteiger partial charge < -0.3 is 11.5 Å². The minimum atomic E-state index is -4.31. The van der Waals surface area contributed by atoms with Crippen LogP contribution in [0.5, 0.6) is 0 Å². The van der Waals surface area contributed by atoms with Crippen molar-refractivity contribution in [2.75, 3.05) is 11.5 Å². The van der Waals surface area contributed by atoms with Gasteiger partial charge in [0.15, 0.2) is 0 Å². The number of pyridine rings is 2. The second kappa shape index (κ2) is 3.76. The fourth-order valence-corrected chi connectivity index (χ4v) is 1.54. The highest BCUT2D eigenvalue weighted by molar-refractivity contribution is 5.91. The fraction of sp³-hybridized carbons (Fsp3) is 0.200. The molecule has 0 aromatic carbocycles. The van der Waals surface area contributed by atoms with E-state index in [4.69, 9.17) is 11.5 Å². The van der Waals surface area contributed by atoms with E-state index < -0.39 is 12.6 Å². The molecule has 0 aliphatic heterocycles. The fourth-order valence-electron chi connectivity index (χ4n) is 1.54. The molecule has 0 amide bonds. The van der Waals surface area contributed by atoms with Crippen molar-refractivity contribution in [3.8, 4) is 0 Å². The molecule has 0 fully saturated rings. The van der Waals surface area contributed by atoms with Crippen LogP contribution >= 0.6 is 0 Å². The highest BCUT2D eigenvalue weighted by atomic mass is 19.4. The summed E-state index contributed by atoms with van der Waals surface area (Å²) in [7, 11) is 0. The lowest BCUT2D eigenvalue weighted by Gasteiger charge is -2.08. The molecule has 0 atom stereocenters. The van der Waals surface area contributed by atoms with Crippen molar-refractivity contribution in [2.24, 2.45) is 0 Å². The monoisotopic (exact) mass is 242 g/mol. The molecular formula is C10H9F3N4. The molecule has 0 spiro atoms. The molecule has 7 heteroatoms. The van der Waals surface area contributed by atoms with Crippen molar-refractivity contribution in [1.82, 2.24) is 9.97 Å². The number of halogens is 3. The lowest BCUT2D eigenvalue weighted by Crippen LogP contribution is -2.13. The summed E-state index contributed by atoms with van der Waals surface area (Å²) in [5, 5.41) is 0.995. The van der Waals surface area contributed by atoms with E-state index in [1.54, 1.807) is 0 Å². The quantitative estimate of drug-likeness (QED) is 0.800. The third-order valence-electron chi connectivity index (χ3n) is 2.20. The molecule has 0 unspecified atom stereocenters. The topological polar surface area (TPSA) is 77.8 Å². The van der Waals surface area contributed by atoms with Crippen molar-refractivity contribution in [2.45, 2.75) is 12.6 Å². The summed E-state index contributed by atoms with van der Waals surface area (Å²) in [6, 6.07) is 2.78. The van der Waals surface area contributed by atoms with Gasteiger partial charge in [-0.2, -0.15) is 13.2 Å². The SMILES string of the molecule is Nc1cc2cc(CC(F)(F)F)nc(N)c2cn1. The molecule has 2 heterocycles. The van der Waals surface area contributed by atoms with E-state index in [0.717, 1.165) is 0 Å². The molecule has 0 bridgehead atoms. The number of hydrogen-bond donors (Lipinski definition) is 2. The minimum absolute atomic E-state index is 0.0225. The Kier molecular flexibility index (Phi) is 2.53. The molecule has 90 valence electrons. The van der Waals surface area contributed by atoms with Crippen LogP contribution in [0.15, 0.2) is 18.3 Å². The van der Waals surface area contributed by atoms with E-state index in [1.807, 2.05) is 0 Å². The van der Waals surface area contributed by atoms with Crippen molar-refractivity contribution >= 4 is 22.4 Å². The molecular weight excluding hydrogens is 233 g/mol. The highest BCUT2D eigenvalue weighted by Gasteiger charge is 2.28. The largest absolute Gasteiger partial charge is 0.394 e. The molecule has 0 aliphatic carbocycles. The van der Waals surface area contributed by atoms with Crippen LogP contribution in [0.3, 0.4) is 0 Å². The van der Waals surface area contributed by atoms with E-state index >= 15 is 0 Å². The summed E-state index contributed by atoms with van der Waals surface area (Å²) in [4.78, 5) is 7.50. The number of fused-ring (bicyclic) bond motifs is 1. The summed E-state index contributed by atoms with van der Waals surface area (Å²) in [6.45, 7) is 0. The van der Waals surface area contributed by atoms with Crippen molar-refractivity contribution in [1.29, 1.82) is 0 Å². The molecule has 4 N–H and O–H groups in total. The van der Waals surface area contributed by atoms with Crippen LogP contribution in [0.4, 0.5) is 24.8 Å². The van der Waals surface area contributed by atoms with Gasteiger partial charge in [0.2, 0.25) is 0 Å². The van der Waals surface area contributed by atoms with Crippen molar-refractivity contribution in [3.63, 3.8) is 0 Å².